The smallest absolute Gasteiger partial charge is 0.464 e. The molecule has 1 aromatic rings. The first-order valence-electron chi connectivity index (χ1n) is 9.85. The molecule has 0 radical (unpaired) electrons. The molecule has 1 unspecified atom stereocenters. The minimum Gasteiger partial charge on any atom is -0.464 e. The molecule has 0 aromatic carbocycles. The highest BCUT2D eigenvalue weighted by atomic mass is 31.2. The van der Waals surface area contributed by atoms with Crippen molar-refractivity contribution in [2.45, 2.75) is 91.1 Å². The van der Waals surface area contributed by atoms with Gasteiger partial charge >= 0.3 is 13.8 Å². The summed E-state index contributed by atoms with van der Waals surface area (Å²) in [6.45, 7) is 8.60. The van der Waals surface area contributed by atoms with Crippen LogP contribution in [0.2, 0.25) is 0 Å². The average Bonchev–Trinajstić information content (AvgIpc) is 3.08. The van der Waals surface area contributed by atoms with Gasteiger partial charge in [-0.1, -0.05) is 19.3 Å². The molecular weight excluding hydrogens is 387 g/mol. The summed E-state index contributed by atoms with van der Waals surface area (Å²) in [5.74, 6) is -0.598. The number of phosphoric ester groups is 1. The fourth-order valence-electron chi connectivity index (χ4n) is 3.09. The number of phosphoric acid groups is 1. The van der Waals surface area contributed by atoms with Crippen LogP contribution in [0.5, 0.6) is 0 Å². The molecule has 11 heteroatoms. The topological polar surface area (TPSA) is 115 Å². The largest absolute Gasteiger partial charge is 0.476 e. The third-order valence-electron chi connectivity index (χ3n) is 4.09. The van der Waals surface area contributed by atoms with Crippen LogP contribution < -0.4 is 0 Å². The summed E-state index contributed by atoms with van der Waals surface area (Å²) in [6, 6.07) is 0.0516. The molecule has 0 spiro atoms. The zero-order chi connectivity index (χ0) is 20.7. The summed E-state index contributed by atoms with van der Waals surface area (Å²) in [4.78, 5) is 12.6. The molecule has 1 heterocycles. The second-order valence-electron chi connectivity index (χ2n) is 7.27. The quantitative estimate of drug-likeness (QED) is 0.414. The van der Waals surface area contributed by atoms with Crippen molar-refractivity contribution < 1.29 is 27.7 Å². The average molecular weight is 418 g/mol. The van der Waals surface area contributed by atoms with Crippen LogP contribution in [0.4, 0.5) is 0 Å². The molecule has 160 valence electrons. The zero-order valence-corrected chi connectivity index (χ0v) is 18.1. The van der Waals surface area contributed by atoms with Gasteiger partial charge in [0.15, 0.2) is 5.82 Å². The van der Waals surface area contributed by atoms with Crippen molar-refractivity contribution in [3.63, 3.8) is 0 Å². The number of hydrogen-bond acceptors (Lipinski definition) is 9. The first-order valence-corrected chi connectivity index (χ1v) is 11.3. The van der Waals surface area contributed by atoms with Gasteiger partial charge in [-0.3, -0.25) is 13.6 Å². The van der Waals surface area contributed by atoms with Crippen molar-refractivity contribution in [1.29, 1.82) is 0 Å². The number of ether oxygens (including phenoxy) is 1. The van der Waals surface area contributed by atoms with Crippen molar-refractivity contribution in [3.8, 4) is 0 Å². The van der Waals surface area contributed by atoms with Gasteiger partial charge in [0.25, 0.3) is 0 Å². The molecule has 0 amide bonds. The maximum absolute atomic E-state index is 13.2. The van der Waals surface area contributed by atoms with Crippen LogP contribution in [0.15, 0.2) is 0 Å². The predicted octanol–water partition coefficient (Wildman–Crippen LogP) is 3.76. The maximum Gasteiger partial charge on any atom is 0.476 e. The zero-order valence-electron chi connectivity index (χ0n) is 17.2. The number of tetrazole rings is 1. The maximum atomic E-state index is 13.2. The van der Waals surface area contributed by atoms with Gasteiger partial charge in [0.1, 0.15) is 0 Å². The van der Waals surface area contributed by atoms with Gasteiger partial charge < -0.3 is 4.74 Å². The summed E-state index contributed by atoms with van der Waals surface area (Å²) in [5, 5.41) is 11.7. The van der Waals surface area contributed by atoms with E-state index in [2.05, 4.69) is 15.5 Å². The predicted molar refractivity (Wildman–Crippen MR) is 100 cm³/mol. The Kier molecular flexibility index (Phi) is 8.55. The van der Waals surface area contributed by atoms with E-state index in [1.807, 2.05) is 0 Å². The van der Waals surface area contributed by atoms with E-state index in [-0.39, 0.29) is 18.5 Å². The van der Waals surface area contributed by atoms with E-state index in [9.17, 15) is 9.36 Å². The van der Waals surface area contributed by atoms with Crippen LogP contribution >= 0.6 is 7.82 Å². The highest BCUT2D eigenvalue weighted by Crippen LogP contribution is 2.55. The number of carbonyl (C=O) groups is 1. The van der Waals surface area contributed by atoms with Gasteiger partial charge in [-0.05, 0) is 57.9 Å². The van der Waals surface area contributed by atoms with E-state index in [1.54, 1.807) is 39.3 Å². The summed E-state index contributed by atoms with van der Waals surface area (Å²) in [5.41, 5.74) is 0. The van der Waals surface area contributed by atoms with E-state index >= 15 is 0 Å². The van der Waals surface area contributed by atoms with Crippen molar-refractivity contribution in [1.82, 2.24) is 20.2 Å². The molecule has 0 saturated heterocycles. The summed E-state index contributed by atoms with van der Waals surface area (Å²) in [7, 11) is -4.08. The minimum atomic E-state index is -4.08. The molecule has 2 rings (SSSR count). The third-order valence-corrected chi connectivity index (χ3v) is 5.92. The Hall–Kier alpha value is -1.35. The Morgan fingerprint density at radius 1 is 1.11 bits per heavy atom. The first kappa shape index (κ1) is 22.9. The third kappa shape index (κ3) is 6.34. The number of aromatic nitrogens is 4. The van der Waals surface area contributed by atoms with E-state index < -0.39 is 32.1 Å². The van der Waals surface area contributed by atoms with Gasteiger partial charge in [-0.2, -0.15) is 0 Å². The molecular formula is C17H31N4O6P. The second-order valence-corrected chi connectivity index (χ2v) is 8.79. The SMILES string of the molecule is CCOC(=O)C(OP(=O)(OC(C)C)OC(C)C)c1nnnn1C1CCCCC1. The lowest BCUT2D eigenvalue weighted by Gasteiger charge is -2.27. The van der Waals surface area contributed by atoms with Crippen LogP contribution in [-0.4, -0.2) is 45.0 Å². The lowest BCUT2D eigenvalue weighted by atomic mass is 9.95. The van der Waals surface area contributed by atoms with Crippen molar-refractivity contribution >= 4 is 13.8 Å². The molecule has 1 atom stereocenters. The molecule has 10 nitrogen and oxygen atoms in total. The van der Waals surface area contributed by atoms with Gasteiger partial charge in [0.2, 0.25) is 6.10 Å². The fourth-order valence-corrected chi connectivity index (χ4v) is 4.71. The van der Waals surface area contributed by atoms with Crippen LogP contribution in [0.3, 0.4) is 0 Å². The normalized spacial score (nSPS) is 17.2. The Balaban J connectivity index is 2.35. The Labute approximate surface area is 165 Å². The van der Waals surface area contributed by atoms with E-state index in [0.717, 1.165) is 32.1 Å². The van der Waals surface area contributed by atoms with Gasteiger partial charge in [-0.25, -0.2) is 14.0 Å². The number of carbonyl (C=O) groups excluding carboxylic acids is 1. The fraction of sp³-hybridized carbons (Fsp3) is 0.882. The lowest BCUT2D eigenvalue weighted by Crippen LogP contribution is -2.26. The van der Waals surface area contributed by atoms with Crippen molar-refractivity contribution in [2.24, 2.45) is 0 Å². The monoisotopic (exact) mass is 418 g/mol. The molecule has 0 N–H and O–H groups in total. The Morgan fingerprint density at radius 2 is 1.71 bits per heavy atom. The second kappa shape index (κ2) is 10.4. The number of rotatable bonds is 10. The molecule has 1 aromatic heterocycles. The number of hydrogen-bond donors (Lipinski definition) is 0. The Morgan fingerprint density at radius 3 is 2.25 bits per heavy atom. The summed E-state index contributed by atoms with van der Waals surface area (Å²) < 4.78 is 36.3. The number of esters is 1. The molecule has 0 bridgehead atoms. The summed E-state index contributed by atoms with van der Waals surface area (Å²) >= 11 is 0. The molecule has 28 heavy (non-hydrogen) atoms. The van der Waals surface area contributed by atoms with E-state index in [4.69, 9.17) is 18.3 Å². The van der Waals surface area contributed by atoms with Gasteiger partial charge in [-0.15, -0.1) is 5.10 Å². The number of nitrogens with zero attached hydrogens (tertiary/aromatic N) is 4. The highest BCUT2D eigenvalue weighted by Gasteiger charge is 2.41. The standard InChI is InChI=1S/C17H31N4O6P/c1-6-24-17(22)15(27-28(23,25-12(2)3)26-13(4)5)16-18-19-20-21(16)14-10-8-7-9-11-14/h12-15H,6-11H2,1-5H3. The van der Waals surface area contributed by atoms with Crippen LogP contribution in [0, 0.1) is 0 Å². The molecule has 1 aliphatic rings. The molecule has 1 saturated carbocycles. The molecule has 1 aliphatic carbocycles. The van der Waals surface area contributed by atoms with Crippen molar-refractivity contribution in [2.75, 3.05) is 6.61 Å². The highest BCUT2D eigenvalue weighted by molar-refractivity contribution is 7.48. The van der Waals surface area contributed by atoms with Crippen LogP contribution in [0.25, 0.3) is 0 Å². The first-order chi connectivity index (χ1) is 13.3. The van der Waals surface area contributed by atoms with Gasteiger partial charge in [0.05, 0.1) is 24.9 Å². The van der Waals surface area contributed by atoms with Crippen LogP contribution in [0.1, 0.15) is 84.7 Å². The summed E-state index contributed by atoms with van der Waals surface area (Å²) in [6.07, 6.45) is 2.77. The lowest BCUT2D eigenvalue weighted by molar-refractivity contribution is -0.154. The Bertz CT molecular complexity index is 660. The van der Waals surface area contributed by atoms with E-state index in [0.29, 0.717) is 0 Å². The van der Waals surface area contributed by atoms with Crippen LogP contribution in [-0.2, 0) is 27.7 Å². The minimum absolute atomic E-state index is 0.0516. The van der Waals surface area contributed by atoms with E-state index in [1.165, 1.54) is 0 Å². The molecule has 1 fully saturated rings. The van der Waals surface area contributed by atoms with Gasteiger partial charge in [0, 0.05) is 0 Å². The molecule has 0 aliphatic heterocycles. The van der Waals surface area contributed by atoms with Crippen molar-refractivity contribution in [3.05, 3.63) is 5.82 Å².